The molecular weight excluding hydrogens is 476 g/mol. The second-order valence-corrected chi connectivity index (χ2v) is 8.17. The number of carbonyl (C=O) groups is 1. The molecule has 0 bridgehead atoms. The van der Waals surface area contributed by atoms with Crippen molar-refractivity contribution in [2.75, 3.05) is 10.6 Å². The Balaban J connectivity index is 0.00000274. The summed E-state index contributed by atoms with van der Waals surface area (Å²) in [5, 5.41) is 11.0. The van der Waals surface area contributed by atoms with Crippen molar-refractivity contribution in [3.8, 4) is 0 Å². The summed E-state index contributed by atoms with van der Waals surface area (Å²) >= 11 is 6.00. The number of carbonyl (C=O) groups excluding carboxylic acids is 1. The topological polar surface area (TPSA) is 71.8 Å². The Bertz CT molecular complexity index is 1370. The number of aromatic nitrogens is 3. The predicted molar refractivity (Wildman–Crippen MR) is 134 cm³/mol. The molecule has 1 unspecified atom stereocenters. The molecule has 3 aromatic carbocycles. The van der Waals surface area contributed by atoms with Crippen LogP contribution in [0.2, 0.25) is 5.02 Å². The quantitative estimate of drug-likeness (QED) is 0.358. The Kier molecular flexibility index (Phi) is 6.68. The Morgan fingerprint density at radius 1 is 1.09 bits per heavy atom. The van der Waals surface area contributed by atoms with Crippen LogP contribution in [-0.4, -0.2) is 20.7 Å². The number of nitrogens with one attached hydrogen (secondary N) is 2. The van der Waals surface area contributed by atoms with E-state index in [0.29, 0.717) is 16.5 Å². The summed E-state index contributed by atoms with van der Waals surface area (Å²) in [5.74, 6) is -0.0776. The molecule has 172 valence electrons. The van der Waals surface area contributed by atoms with Crippen LogP contribution in [-0.2, 0) is 0 Å². The Morgan fingerprint density at radius 3 is 2.53 bits per heavy atom. The zero-order valence-corrected chi connectivity index (χ0v) is 19.6. The average molecular weight is 496 g/mol. The lowest BCUT2D eigenvalue weighted by molar-refractivity contribution is 0.102. The van der Waals surface area contributed by atoms with Crippen molar-refractivity contribution in [2.24, 2.45) is 0 Å². The van der Waals surface area contributed by atoms with Crippen LogP contribution in [0, 0.1) is 12.7 Å². The summed E-state index contributed by atoms with van der Waals surface area (Å²) in [4.78, 5) is 17.1. The summed E-state index contributed by atoms with van der Waals surface area (Å²) < 4.78 is 15.2. The zero-order chi connectivity index (χ0) is 22.9. The van der Waals surface area contributed by atoms with Gasteiger partial charge in [0.25, 0.3) is 11.9 Å². The van der Waals surface area contributed by atoms with Gasteiger partial charge in [-0.2, -0.15) is 4.98 Å². The Labute approximate surface area is 206 Å². The van der Waals surface area contributed by atoms with Crippen LogP contribution < -0.4 is 10.6 Å². The van der Waals surface area contributed by atoms with Gasteiger partial charge in [0.15, 0.2) is 0 Å². The molecule has 0 spiro atoms. The molecule has 0 aliphatic carbocycles. The smallest absolute Gasteiger partial charge is 0.258 e. The van der Waals surface area contributed by atoms with E-state index in [9.17, 15) is 9.18 Å². The van der Waals surface area contributed by atoms with Crippen molar-refractivity contribution in [3.05, 3.63) is 112 Å². The first-order valence-corrected chi connectivity index (χ1v) is 10.7. The normalized spacial score (nSPS) is 14.3. The largest absolute Gasteiger partial charge is 0.324 e. The predicted octanol–water partition coefficient (Wildman–Crippen LogP) is 6.11. The van der Waals surface area contributed by atoms with Crippen LogP contribution in [0.3, 0.4) is 0 Å². The molecule has 34 heavy (non-hydrogen) atoms. The van der Waals surface area contributed by atoms with Crippen LogP contribution in [0.15, 0.2) is 78.9 Å². The maximum atomic E-state index is 13.5. The summed E-state index contributed by atoms with van der Waals surface area (Å²) in [6.45, 7) is 2.03. The minimum atomic E-state index is -0.370. The first-order chi connectivity index (χ1) is 16.0. The molecule has 0 saturated heterocycles. The van der Waals surface area contributed by atoms with E-state index in [4.69, 9.17) is 11.6 Å². The number of nitrogens with zero attached hydrogens (tertiary/aromatic N) is 3. The van der Waals surface area contributed by atoms with Gasteiger partial charge in [-0.25, -0.2) is 9.07 Å². The van der Waals surface area contributed by atoms with Crippen LogP contribution >= 0.6 is 24.0 Å². The van der Waals surface area contributed by atoms with E-state index >= 15 is 0 Å². The molecule has 1 aromatic heterocycles. The number of aryl methyl sites for hydroxylation is 1. The lowest BCUT2D eigenvalue weighted by atomic mass is 10.0. The van der Waals surface area contributed by atoms with Crippen molar-refractivity contribution < 1.29 is 9.18 Å². The molecule has 0 radical (unpaired) electrons. The van der Waals surface area contributed by atoms with Gasteiger partial charge < -0.3 is 5.32 Å². The van der Waals surface area contributed by atoms with Gasteiger partial charge in [0.1, 0.15) is 11.9 Å². The third kappa shape index (κ3) is 4.81. The summed E-state index contributed by atoms with van der Waals surface area (Å²) in [7, 11) is 0. The number of amides is 1. The fourth-order valence-corrected chi connectivity index (χ4v) is 3.84. The molecule has 1 atom stereocenters. The fraction of sp³-hybridized carbons (Fsp3) is 0.0800. The number of rotatable bonds is 4. The Hall–Kier alpha value is -3.68. The monoisotopic (exact) mass is 495 g/mol. The van der Waals surface area contributed by atoms with Gasteiger partial charge in [0.05, 0.1) is 0 Å². The van der Waals surface area contributed by atoms with Crippen LogP contribution in [0.4, 0.5) is 16.3 Å². The highest BCUT2D eigenvalue weighted by Crippen LogP contribution is 2.33. The first kappa shape index (κ1) is 23.5. The number of allylic oxidation sites excluding steroid dienone is 1. The van der Waals surface area contributed by atoms with Crippen LogP contribution in [0.5, 0.6) is 0 Å². The first-order valence-electron chi connectivity index (χ1n) is 10.3. The minimum Gasteiger partial charge on any atom is -0.324 e. The Morgan fingerprint density at radius 2 is 1.82 bits per heavy atom. The molecule has 9 heteroatoms. The second-order valence-electron chi connectivity index (χ2n) is 7.74. The van der Waals surface area contributed by atoms with Gasteiger partial charge in [-0.1, -0.05) is 59.6 Å². The molecule has 2 N–H and O–H groups in total. The van der Waals surface area contributed by atoms with E-state index in [-0.39, 0.29) is 36.1 Å². The van der Waals surface area contributed by atoms with Gasteiger partial charge >= 0.3 is 0 Å². The summed E-state index contributed by atoms with van der Waals surface area (Å²) in [5.41, 5.74) is 4.21. The molecule has 1 aliphatic heterocycles. The highest BCUT2D eigenvalue weighted by molar-refractivity contribution is 6.31. The van der Waals surface area contributed by atoms with Gasteiger partial charge in [0.2, 0.25) is 5.95 Å². The van der Waals surface area contributed by atoms with Gasteiger partial charge in [-0.15, -0.1) is 17.5 Å². The highest BCUT2D eigenvalue weighted by Gasteiger charge is 2.26. The number of anilines is 2. The molecule has 4 aromatic rings. The van der Waals surface area contributed by atoms with Crippen molar-refractivity contribution >= 4 is 47.5 Å². The highest BCUT2D eigenvalue weighted by atomic mass is 35.5. The van der Waals surface area contributed by atoms with E-state index in [1.54, 1.807) is 41.1 Å². The van der Waals surface area contributed by atoms with Gasteiger partial charge in [0, 0.05) is 16.3 Å². The lowest BCUT2D eigenvalue weighted by Gasteiger charge is -2.24. The van der Waals surface area contributed by atoms with E-state index in [2.05, 4.69) is 20.7 Å². The number of benzene rings is 3. The third-order valence-electron chi connectivity index (χ3n) is 5.35. The number of fused-ring (bicyclic) bond motifs is 1. The van der Waals surface area contributed by atoms with E-state index in [1.807, 2.05) is 37.3 Å². The van der Waals surface area contributed by atoms with Crippen molar-refractivity contribution in [1.29, 1.82) is 0 Å². The van der Waals surface area contributed by atoms with E-state index in [0.717, 1.165) is 22.4 Å². The SMILES string of the molecule is Cc1ccc(C2=CC(c3ccc(F)cc3)n3nc(NC(=O)c4cccc(Cl)c4)nc3N2)cc1.Cl. The summed E-state index contributed by atoms with van der Waals surface area (Å²) in [6.07, 6.45) is 2.00. The average Bonchev–Trinajstić information content (AvgIpc) is 3.22. The number of hydrogen-bond acceptors (Lipinski definition) is 4. The third-order valence-corrected chi connectivity index (χ3v) is 5.59. The second kappa shape index (κ2) is 9.67. The molecule has 1 aliphatic rings. The maximum absolute atomic E-state index is 13.5. The van der Waals surface area contributed by atoms with E-state index in [1.165, 1.54) is 12.1 Å². The minimum absolute atomic E-state index is 0. The van der Waals surface area contributed by atoms with Gasteiger partial charge in [-0.05, 0) is 54.5 Å². The number of hydrogen-bond donors (Lipinski definition) is 2. The zero-order valence-electron chi connectivity index (χ0n) is 18.0. The molecule has 6 nitrogen and oxygen atoms in total. The van der Waals surface area contributed by atoms with Crippen molar-refractivity contribution in [1.82, 2.24) is 14.8 Å². The van der Waals surface area contributed by atoms with Crippen molar-refractivity contribution in [2.45, 2.75) is 13.0 Å². The van der Waals surface area contributed by atoms with Gasteiger partial charge in [-0.3, -0.25) is 10.1 Å². The maximum Gasteiger partial charge on any atom is 0.258 e. The lowest BCUT2D eigenvalue weighted by Crippen LogP contribution is -2.20. The molecule has 0 saturated carbocycles. The molecule has 5 rings (SSSR count). The molecule has 1 amide bonds. The van der Waals surface area contributed by atoms with Crippen LogP contribution in [0.25, 0.3) is 5.70 Å². The summed E-state index contributed by atoms with van der Waals surface area (Å²) in [6, 6.07) is 20.6. The molecular formula is C25H20Cl2FN5O. The molecule has 2 heterocycles. The van der Waals surface area contributed by atoms with E-state index < -0.39 is 0 Å². The van der Waals surface area contributed by atoms with Crippen molar-refractivity contribution in [3.63, 3.8) is 0 Å². The van der Waals surface area contributed by atoms with Crippen LogP contribution in [0.1, 0.15) is 33.1 Å². The standard InChI is InChI=1S/C25H19ClFN5O.ClH/c1-15-5-7-16(8-6-15)21-14-22(17-9-11-20(27)12-10-17)32-25(28-21)30-24(31-32)29-23(33)18-3-2-4-19(26)13-18;/h2-14,22H,1H3,(H2,28,29,30,31,33);1H. The number of halogens is 3. The molecule has 0 fully saturated rings. The fourth-order valence-electron chi connectivity index (χ4n) is 3.65.